The van der Waals surface area contributed by atoms with Gasteiger partial charge in [0.1, 0.15) is 0 Å². The third-order valence-electron chi connectivity index (χ3n) is 4.59. The fourth-order valence-corrected chi connectivity index (χ4v) is 4.04. The highest BCUT2D eigenvalue weighted by Gasteiger charge is 2.64. The maximum Gasteiger partial charge on any atom is -0.0323 e. The number of rotatable bonds is 0. The van der Waals surface area contributed by atoms with Crippen molar-refractivity contribution in [1.29, 1.82) is 0 Å². The Labute approximate surface area is 63.0 Å². The van der Waals surface area contributed by atoms with Crippen LogP contribution in [0.15, 0.2) is 0 Å². The first-order valence-corrected chi connectivity index (χ1v) is 4.79. The molecule has 3 aliphatic rings. The molecule has 0 saturated heterocycles. The molecular formula is C10H16. The molecule has 3 aliphatic carbocycles. The summed E-state index contributed by atoms with van der Waals surface area (Å²) in [5, 5.41) is 0. The minimum Gasteiger partial charge on any atom is -0.0622 e. The second kappa shape index (κ2) is 1.44. The highest BCUT2D eigenvalue weighted by molar-refractivity contribution is 5.13. The molecule has 10 heavy (non-hydrogen) atoms. The minimum atomic E-state index is 1.09. The van der Waals surface area contributed by atoms with Crippen LogP contribution in [0.25, 0.3) is 0 Å². The molecule has 6 unspecified atom stereocenters. The molecular weight excluding hydrogens is 120 g/mol. The molecule has 0 aliphatic heterocycles. The van der Waals surface area contributed by atoms with Crippen molar-refractivity contribution in [2.24, 2.45) is 35.5 Å². The van der Waals surface area contributed by atoms with Gasteiger partial charge in [0, 0.05) is 0 Å². The van der Waals surface area contributed by atoms with Crippen molar-refractivity contribution in [1.82, 2.24) is 0 Å². The van der Waals surface area contributed by atoms with E-state index in [1.807, 2.05) is 0 Å². The lowest BCUT2D eigenvalue weighted by atomic mass is 9.34. The summed E-state index contributed by atoms with van der Waals surface area (Å²) in [4.78, 5) is 0. The van der Waals surface area contributed by atoms with Crippen LogP contribution in [-0.4, -0.2) is 0 Å². The maximum atomic E-state index is 2.45. The van der Waals surface area contributed by atoms with E-state index in [4.69, 9.17) is 0 Å². The summed E-state index contributed by atoms with van der Waals surface area (Å²) >= 11 is 0. The molecule has 3 saturated carbocycles. The van der Waals surface area contributed by atoms with Gasteiger partial charge in [0.25, 0.3) is 0 Å². The van der Waals surface area contributed by atoms with Crippen LogP contribution in [0.3, 0.4) is 0 Å². The van der Waals surface area contributed by atoms with E-state index >= 15 is 0 Å². The number of hydrogen-bond donors (Lipinski definition) is 0. The summed E-state index contributed by atoms with van der Waals surface area (Å²) in [7, 11) is 0. The van der Waals surface area contributed by atoms with Crippen molar-refractivity contribution in [3.8, 4) is 0 Å². The molecule has 0 aromatic rings. The van der Waals surface area contributed by atoms with Crippen LogP contribution in [0.4, 0.5) is 0 Å². The van der Waals surface area contributed by atoms with Gasteiger partial charge in [0.2, 0.25) is 0 Å². The van der Waals surface area contributed by atoms with Gasteiger partial charge >= 0.3 is 0 Å². The van der Waals surface area contributed by atoms with Gasteiger partial charge in [-0.15, -0.1) is 0 Å². The van der Waals surface area contributed by atoms with Gasteiger partial charge in [0.05, 0.1) is 0 Å². The number of fused-ring (bicyclic) bond motifs is 4. The van der Waals surface area contributed by atoms with Gasteiger partial charge in [-0.2, -0.15) is 0 Å². The molecule has 0 aromatic heterocycles. The molecule has 0 aromatic carbocycles. The van der Waals surface area contributed by atoms with Gasteiger partial charge in [-0.1, -0.05) is 13.8 Å². The van der Waals surface area contributed by atoms with E-state index in [-0.39, 0.29) is 0 Å². The van der Waals surface area contributed by atoms with Crippen molar-refractivity contribution < 1.29 is 0 Å². The molecule has 3 rings (SSSR count). The van der Waals surface area contributed by atoms with Gasteiger partial charge in [-0.25, -0.2) is 0 Å². The van der Waals surface area contributed by atoms with E-state index in [1.165, 1.54) is 23.7 Å². The van der Waals surface area contributed by atoms with E-state index in [9.17, 15) is 0 Å². The van der Waals surface area contributed by atoms with Crippen LogP contribution >= 0.6 is 0 Å². The molecule has 0 heterocycles. The Kier molecular flexibility index (Phi) is 0.810. The predicted octanol–water partition coefficient (Wildman–Crippen LogP) is 2.54. The SMILES string of the molecule is CC1CC2C3CC(C)C3C12. The highest BCUT2D eigenvalue weighted by atomic mass is 14.7. The highest BCUT2D eigenvalue weighted by Crippen LogP contribution is 2.71. The van der Waals surface area contributed by atoms with E-state index in [1.54, 1.807) is 12.8 Å². The smallest absolute Gasteiger partial charge is 0.0323 e. The third-order valence-corrected chi connectivity index (χ3v) is 4.59. The Bertz CT molecular complexity index is 153. The van der Waals surface area contributed by atoms with E-state index < -0.39 is 0 Å². The van der Waals surface area contributed by atoms with Gasteiger partial charge in [-0.05, 0) is 48.3 Å². The molecule has 0 bridgehead atoms. The first-order valence-electron chi connectivity index (χ1n) is 4.79. The zero-order valence-electron chi connectivity index (χ0n) is 6.88. The summed E-state index contributed by atoms with van der Waals surface area (Å²) in [6.07, 6.45) is 3.14. The maximum absolute atomic E-state index is 2.45. The Hall–Kier alpha value is 0. The van der Waals surface area contributed by atoms with Crippen LogP contribution in [0.5, 0.6) is 0 Å². The second-order valence-corrected chi connectivity index (χ2v) is 4.91. The lowest BCUT2D eigenvalue weighted by Crippen LogP contribution is -2.65. The summed E-state index contributed by atoms with van der Waals surface area (Å²) in [6.45, 7) is 4.89. The normalized spacial score (nSPS) is 70.2. The van der Waals surface area contributed by atoms with E-state index in [2.05, 4.69) is 13.8 Å². The Morgan fingerprint density at radius 2 is 1.20 bits per heavy atom. The van der Waals surface area contributed by atoms with E-state index in [0.717, 1.165) is 11.8 Å². The first-order chi connectivity index (χ1) is 4.79. The topological polar surface area (TPSA) is 0 Å². The fourth-order valence-electron chi connectivity index (χ4n) is 4.04. The van der Waals surface area contributed by atoms with Crippen LogP contribution in [0, 0.1) is 35.5 Å². The average Bonchev–Trinajstić information content (AvgIpc) is 1.90. The lowest BCUT2D eigenvalue weighted by molar-refractivity contribution is -0.231. The summed E-state index contributed by atoms with van der Waals surface area (Å²) in [5.41, 5.74) is 0. The van der Waals surface area contributed by atoms with Crippen LogP contribution in [0.1, 0.15) is 26.7 Å². The molecule has 0 nitrogen and oxygen atoms in total. The molecule has 3 fully saturated rings. The summed E-state index contributed by atoms with van der Waals surface area (Å²) < 4.78 is 0. The van der Waals surface area contributed by atoms with Crippen molar-refractivity contribution in [3.63, 3.8) is 0 Å². The Balaban J connectivity index is 1.79. The first kappa shape index (κ1) is 5.62. The quantitative estimate of drug-likeness (QED) is 0.480. The monoisotopic (exact) mass is 136 g/mol. The Morgan fingerprint density at radius 3 is 1.50 bits per heavy atom. The van der Waals surface area contributed by atoms with Crippen LogP contribution in [0.2, 0.25) is 0 Å². The molecule has 0 heteroatoms. The fraction of sp³-hybridized carbons (Fsp3) is 1.00. The largest absolute Gasteiger partial charge is 0.0622 e. The van der Waals surface area contributed by atoms with Crippen molar-refractivity contribution in [2.45, 2.75) is 26.7 Å². The van der Waals surface area contributed by atoms with Crippen molar-refractivity contribution >= 4 is 0 Å². The average molecular weight is 136 g/mol. The van der Waals surface area contributed by atoms with Crippen LogP contribution in [-0.2, 0) is 0 Å². The molecule has 0 N–H and O–H groups in total. The van der Waals surface area contributed by atoms with Gasteiger partial charge in [-0.3, -0.25) is 0 Å². The zero-order valence-corrected chi connectivity index (χ0v) is 6.88. The molecule has 0 spiro atoms. The summed E-state index contributed by atoms with van der Waals surface area (Å²) in [5.74, 6) is 6.97. The second-order valence-electron chi connectivity index (χ2n) is 4.91. The lowest BCUT2D eigenvalue weighted by Gasteiger charge is -2.71. The van der Waals surface area contributed by atoms with Crippen molar-refractivity contribution in [3.05, 3.63) is 0 Å². The summed E-state index contributed by atoms with van der Waals surface area (Å²) in [6, 6.07) is 0. The zero-order chi connectivity index (χ0) is 6.88. The van der Waals surface area contributed by atoms with Gasteiger partial charge in [0.15, 0.2) is 0 Å². The molecule has 0 amide bonds. The van der Waals surface area contributed by atoms with Gasteiger partial charge < -0.3 is 0 Å². The standard InChI is InChI=1S/C10H16/c1-5-3-7-8-4-6(2)10(8)9(5)7/h5-10H,3-4H2,1-2H3. The molecule has 56 valence electrons. The molecule has 6 atom stereocenters. The molecule has 0 radical (unpaired) electrons. The van der Waals surface area contributed by atoms with E-state index in [0.29, 0.717) is 0 Å². The third kappa shape index (κ3) is 0.383. The Morgan fingerprint density at radius 1 is 0.800 bits per heavy atom. The number of hydrogen-bond acceptors (Lipinski definition) is 0. The predicted molar refractivity (Wildman–Crippen MR) is 41.5 cm³/mol. The minimum absolute atomic E-state index is 1.09. The van der Waals surface area contributed by atoms with Crippen molar-refractivity contribution in [2.75, 3.05) is 0 Å². The van der Waals surface area contributed by atoms with Crippen LogP contribution < -0.4 is 0 Å².